The molecular weight excluding hydrogens is 359 g/mol. The molecule has 0 spiro atoms. The Kier molecular flexibility index (Phi) is 5.98. The standard InChI is InChI=1S/C20H22F3NO3/c21-20(22,23)27-19-4-2-1-3-17(9-10-19)26-18-11-13-24(14-12-18)15-5-7-16(25)8-6-15/h1,3,5-10,18,25H,2,4,11-14H2/b3-1?,17-9?,19-10+. The zero-order valence-corrected chi connectivity index (χ0v) is 14.8. The van der Waals surface area contributed by atoms with Gasteiger partial charge in [-0.1, -0.05) is 6.08 Å². The number of halogens is 3. The van der Waals surface area contributed by atoms with Crippen LogP contribution in [0.4, 0.5) is 18.9 Å². The summed E-state index contributed by atoms with van der Waals surface area (Å²) in [6, 6.07) is 7.08. The molecular formula is C20H22F3NO3. The zero-order chi connectivity index (χ0) is 19.3. The number of alkyl halides is 3. The molecule has 0 atom stereocenters. The molecule has 0 aromatic heterocycles. The number of hydrogen-bond donors (Lipinski definition) is 1. The highest BCUT2D eigenvalue weighted by Gasteiger charge is 2.31. The van der Waals surface area contributed by atoms with E-state index in [9.17, 15) is 18.3 Å². The van der Waals surface area contributed by atoms with Crippen LogP contribution in [0.3, 0.4) is 0 Å². The second-order valence-electron chi connectivity index (χ2n) is 6.51. The topological polar surface area (TPSA) is 41.9 Å². The van der Waals surface area contributed by atoms with Gasteiger partial charge in [-0.3, -0.25) is 0 Å². The number of benzene rings is 1. The molecule has 1 N–H and O–H groups in total. The summed E-state index contributed by atoms with van der Waals surface area (Å²) in [7, 11) is 0. The maximum atomic E-state index is 12.4. The lowest BCUT2D eigenvalue weighted by Gasteiger charge is -2.34. The number of rotatable bonds is 4. The molecule has 1 aromatic carbocycles. The van der Waals surface area contributed by atoms with Crippen molar-refractivity contribution in [3.05, 3.63) is 60.1 Å². The minimum absolute atomic E-state index is 0.00840. The number of phenolic OH excluding ortho intramolecular Hbond substituents is 1. The summed E-state index contributed by atoms with van der Waals surface area (Å²) < 4.78 is 47.2. The monoisotopic (exact) mass is 381 g/mol. The largest absolute Gasteiger partial charge is 0.572 e. The SMILES string of the molecule is Oc1ccc(N2CCC(OC3=C/C=C(/OC(F)(F)F)CCC=C3)CC2)cc1. The third-order valence-corrected chi connectivity index (χ3v) is 4.48. The Hall–Kier alpha value is -2.57. The Morgan fingerprint density at radius 2 is 1.74 bits per heavy atom. The first-order valence-electron chi connectivity index (χ1n) is 8.93. The average molecular weight is 381 g/mol. The lowest BCUT2D eigenvalue weighted by Crippen LogP contribution is -2.36. The van der Waals surface area contributed by atoms with Crippen molar-refractivity contribution in [3.8, 4) is 5.75 Å². The van der Waals surface area contributed by atoms with Gasteiger partial charge in [0.15, 0.2) is 0 Å². The summed E-state index contributed by atoms with van der Waals surface area (Å²) in [6.07, 6.45) is 4.06. The summed E-state index contributed by atoms with van der Waals surface area (Å²) in [6.45, 7) is 1.62. The van der Waals surface area contributed by atoms with Gasteiger partial charge in [-0.05, 0) is 48.9 Å². The van der Waals surface area contributed by atoms with Crippen LogP contribution < -0.4 is 4.90 Å². The van der Waals surface area contributed by atoms with Gasteiger partial charge in [0.05, 0.1) is 0 Å². The lowest BCUT2D eigenvalue weighted by atomic mass is 10.1. The fraction of sp³-hybridized carbons (Fsp3) is 0.400. The first-order valence-corrected chi connectivity index (χ1v) is 8.93. The van der Waals surface area contributed by atoms with Crippen molar-refractivity contribution in [2.45, 2.75) is 38.1 Å². The van der Waals surface area contributed by atoms with E-state index in [1.165, 1.54) is 12.2 Å². The molecule has 0 saturated carbocycles. The summed E-state index contributed by atoms with van der Waals surface area (Å²) in [5, 5.41) is 9.38. The van der Waals surface area contributed by atoms with Gasteiger partial charge in [-0.25, -0.2) is 0 Å². The highest BCUT2D eigenvalue weighted by molar-refractivity contribution is 5.49. The molecule has 146 valence electrons. The van der Waals surface area contributed by atoms with Crippen LogP contribution in [0.2, 0.25) is 0 Å². The zero-order valence-electron chi connectivity index (χ0n) is 14.8. The third kappa shape index (κ3) is 5.98. The van der Waals surface area contributed by atoms with E-state index in [2.05, 4.69) is 9.64 Å². The smallest absolute Gasteiger partial charge is 0.508 e. The summed E-state index contributed by atoms with van der Waals surface area (Å²) in [5.41, 5.74) is 1.05. The van der Waals surface area contributed by atoms with Gasteiger partial charge in [0, 0.05) is 38.0 Å². The minimum atomic E-state index is -4.68. The maximum Gasteiger partial charge on any atom is 0.572 e. The van der Waals surface area contributed by atoms with E-state index < -0.39 is 6.36 Å². The van der Waals surface area contributed by atoms with Gasteiger partial charge in [0.2, 0.25) is 0 Å². The van der Waals surface area contributed by atoms with Crippen LogP contribution in [0.15, 0.2) is 60.1 Å². The van der Waals surface area contributed by atoms with Crippen molar-refractivity contribution in [1.29, 1.82) is 0 Å². The first kappa shape index (κ1) is 19.2. The van der Waals surface area contributed by atoms with Crippen molar-refractivity contribution >= 4 is 5.69 Å². The Morgan fingerprint density at radius 1 is 1.04 bits per heavy atom. The number of anilines is 1. The molecule has 0 radical (unpaired) electrons. The van der Waals surface area contributed by atoms with Gasteiger partial charge in [-0.15, -0.1) is 13.2 Å². The predicted molar refractivity (Wildman–Crippen MR) is 96.1 cm³/mol. The van der Waals surface area contributed by atoms with Gasteiger partial charge in [0.25, 0.3) is 0 Å². The van der Waals surface area contributed by atoms with Crippen LogP contribution >= 0.6 is 0 Å². The average Bonchev–Trinajstić information content (AvgIpc) is 2.61. The molecule has 1 saturated heterocycles. The first-order chi connectivity index (χ1) is 12.9. The van der Waals surface area contributed by atoms with Crippen LogP contribution in [0.25, 0.3) is 0 Å². The highest BCUT2D eigenvalue weighted by Crippen LogP contribution is 2.27. The Bertz CT molecular complexity index is 715. The van der Waals surface area contributed by atoms with Crippen LogP contribution in [-0.2, 0) is 9.47 Å². The number of hydrogen-bond acceptors (Lipinski definition) is 4. The number of allylic oxidation sites excluding steroid dienone is 5. The van der Waals surface area contributed by atoms with Gasteiger partial charge >= 0.3 is 6.36 Å². The second-order valence-corrected chi connectivity index (χ2v) is 6.51. The maximum absolute atomic E-state index is 12.4. The predicted octanol–water partition coefficient (Wildman–Crippen LogP) is 5.03. The van der Waals surface area contributed by atoms with E-state index in [0.29, 0.717) is 12.2 Å². The minimum Gasteiger partial charge on any atom is -0.508 e. The van der Waals surface area contributed by atoms with Gasteiger partial charge in [-0.2, -0.15) is 0 Å². The Labute approximate surface area is 156 Å². The van der Waals surface area contributed by atoms with Crippen molar-refractivity contribution < 1.29 is 27.8 Å². The van der Waals surface area contributed by atoms with Gasteiger partial charge < -0.3 is 19.5 Å². The number of nitrogens with zero attached hydrogens (tertiary/aromatic N) is 1. The summed E-state index contributed by atoms with van der Waals surface area (Å²) >= 11 is 0. The van der Waals surface area contributed by atoms with Crippen LogP contribution in [0.5, 0.6) is 5.75 Å². The van der Waals surface area contributed by atoms with E-state index in [-0.39, 0.29) is 24.0 Å². The van der Waals surface area contributed by atoms with E-state index in [1.807, 2.05) is 12.1 Å². The number of ether oxygens (including phenoxy) is 2. The normalized spacial score (nSPS) is 20.9. The lowest BCUT2D eigenvalue weighted by molar-refractivity contribution is -0.306. The van der Waals surface area contributed by atoms with Crippen molar-refractivity contribution in [1.82, 2.24) is 0 Å². The molecule has 7 heteroatoms. The van der Waals surface area contributed by atoms with Crippen LogP contribution in [0.1, 0.15) is 25.7 Å². The van der Waals surface area contributed by atoms with E-state index >= 15 is 0 Å². The van der Waals surface area contributed by atoms with Gasteiger partial charge in [0.1, 0.15) is 23.4 Å². The fourth-order valence-corrected chi connectivity index (χ4v) is 3.14. The molecule has 1 aromatic rings. The second kappa shape index (κ2) is 8.41. The molecule has 1 aliphatic heterocycles. The molecule has 3 rings (SSSR count). The molecule has 0 bridgehead atoms. The molecule has 0 unspecified atom stereocenters. The van der Waals surface area contributed by atoms with E-state index in [0.717, 1.165) is 31.6 Å². The fourth-order valence-electron chi connectivity index (χ4n) is 3.14. The summed E-state index contributed by atoms with van der Waals surface area (Å²) in [5.74, 6) is 0.665. The van der Waals surface area contributed by atoms with Crippen LogP contribution in [0, 0.1) is 0 Å². The molecule has 0 amide bonds. The molecule has 1 heterocycles. The van der Waals surface area contributed by atoms with Crippen LogP contribution in [-0.4, -0.2) is 30.7 Å². The Balaban J connectivity index is 1.56. The number of piperidine rings is 1. The molecule has 1 aliphatic carbocycles. The summed E-state index contributed by atoms with van der Waals surface area (Å²) in [4.78, 5) is 2.22. The molecule has 4 nitrogen and oxygen atoms in total. The molecule has 1 fully saturated rings. The number of phenols is 1. The van der Waals surface area contributed by atoms with Crippen molar-refractivity contribution in [3.63, 3.8) is 0 Å². The molecule has 2 aliphatic rings. The third-order valence-electron chi connectivity index (χ3n) is 4.48. The Morgan fingerprint density at radius 3 is 2.41 bits per heavy atom. The quantitative estimate of drug-likeness (QED) is 0.794. The number of aromatic hydroxyl groups is 1. The molecule has 27 heavy (non-hydrogen) atoms. The van der Waals surface area contributed by atoms with E-state index in [1.54, 1.807) is 24.3 Å². The van der Waals surface area contributed by atoms with Crippen molar-refractivity contribution in [2.75, 3.05) is 18.0 Å². The van der Waals surface area contributed by atoms with Crippen molar-refractivity contribution in [2.24, 2.45) is 0 Å². The highest BCUT2D eigenvalue weighted by atomic mass is 19.4. The van der Waals surface area contributed by atoms with E-state index in [4.69, 9.17) is 4.74 Å².